The molecule has 1 N–H and O–H groups in total. The molecular weight excluding hydrogens is 266 g/mol. The normalized spacial score (nSPS) is 24.0. The van der Waals surface area contributed by atoms with Crippen molar-refractivity contribution in [3.8, 4) is 0 Å². The van der Waals surface area contributed by atoms with Crippen molar-refractivity contribution in [2.75, 3.05) is 20.1 Å². The maximum absolute atomic E-state index is 12.4. The van der Waals surface area contributed by atoms with Crippen LogP contribution in [0.15, 0.2) is 0 Å². The van der Waals surface area contributed by atoms with Crippen molar-refractivity contribution in [2.24, 2.45) is 0 Å². The van der Waals surface area contributed by atoms with E-state index in [1.54, 1.807) is 4.90 Å². The van der Waals surface area contributed by atoms with Crippen molar-refractivity contribution in [3.05, 3.63) is 0 Å². The summed E-state index contributed by atoms with van der Waals surface area (Å²) in [5, 5.41) is 3.27. The summed E-state index contributed by atoms with van der Waals surface area (Å²) in [6.45, 7) is 6.14. The third kappa shape index (κ3) is 4.04. The molecule has 120 valence electrons. The van der Waals surface area contributed by atoms with E-state index in [0.29, 0.717) is 12.5 Å². The van der Waals surface area contributed by atoms with Crippen LogP contribution in [0.5, 0.6) is 0 Å². The maximum Gasteiger partial charge on any atom is 0.247 e. The first-order valence-corrected chi connectivity index (χ1v) is 8.30. The third-order valence-corrected chi connectivity index (χ3v) is 4.83. The number of amides is 2. The molecule has 21 heavy (non-hydrogen) atoms. The molecule has 0 aromatic heterocycles. The number of likely N-dealkylation sites (tertiary alicyclic amines) is 1. The molecule has 2 fully saturated rings. The summed E-state index contributed by atoms with van der Waals surface area (Å²) in [5.74, 6) is 0.0211. The van der Waals surface area contributed by atoms with Gasteiger partial charge in [0, 0.05) is 12.1 Å². The van der Waals surface area contributed by atoms with E-state index < -0.39 is 0 Å². The topological polar surface area (TPSA) is 52.7 Å². The van der Waals surface area contributed by atoms with Crippen molar-refractivity contribution in [3.63, 3.8) is 0 Å². The van der Waals surface area contributed by atoms with Gasteiger partial charge < -0.3 is 10.2 Å². The molecule has 0 aromatic carbocycles. The second-order valence-electron chi connectivity index (χ2n) is 6.68. The molecule has 0 spiro atoms. The molecule has 1 heterocycles. The monoisotopic (exact) mass is 295 g/mol. The minimum Gasteiger partial charge on any atom is -0.305 e. The van der Waals surface area contributed by atoms with Crippen molar-refractivity contribution >= 4 is 11.8 Å². The van der Waals surface area contributed by atoms with Gasteiger partial charge in [-0.1, -0.05) is 12.8 Å². The Morgan fingerprint density at radius 3 is 2.57 bits per heavy atom. The van der Waals surface area contributed by atoms with Crippen LogP contribution in [-0.4, -0.2) is 59.9 Å². The van der Waals surface area contributed by atoms with E-state index in [1.807, 2.05) is 0 Å². The number of hydrogen-bond donors (Lipinski definition) is 1. The smallest absolute Gasteiger partial charge is 0.247 e. The zero-order valence-electron chi connectivity index (χ0n) is 13.6. The summed E-state index contributed by atoms with van der Waals surface area (Å²) < 4.78 is 0. The van der Waals surface area contributed by atoms with Crippen LogP contribution in [0.2, 0.25) is 0 Å². The Labute approximate surface area is 128 Å². The number of rotatable bonds is 7. The van der Waals surface area contributed by atoms with Gasteiger partial charge in [0.25, 0.3) is 0 Å². The summed E-state index contributed by atoms with van der Waals surface area (Å²) in [4.78, 5) is 28.3. The quantitative estimate of drug-likeness (QED) is 0.569. The lowest BCUT2D eigenvalue weighted by Gasteiger charge is -2.23. The van der Waals surface area contributed by atoms with Gasteiger partial charge in [0.1, 0.15) is 0 Å². The molecule has 0 aromatic rings. The predicted octanol–water partition coefficient (Wildman–Crippen LogP) is 1.38. The fraction of sp³-hybridized carbons (Fsp3) is 0.875. The first-order valence-electron chi connectivity index (χ1n) is 8.30. The number of hydrogen-bond acceptors (Lipinski definition) is 4. The Morgan fingerprint density at radius 2 is 1.95 bits per heavy atom. The van der Waals surface area contributed by atoms with Crippen LogP contribution in [0, 0.1) is 0 Å². The molecular formula is C16H29N3O2. The third-order valence-electron chi connectivity index (χ3n) is 4.83. The Hall–Kier alpha value is -0.940. The lowest BCUT2D eigenvalue weighted by molar-refractivity contribution is -0.141. The number of nitrogens with zero attached hydrogens (tertiary/aromatic N) is 2. The van der Waals surface area contributed by atoms with Gasteiger partial charge in [0.15, 0.2) is 0 Å². The average Bonchev–Trinajstić information content (AvgIpc) is 3.03. The van der Waals surface area contributed by atoms with Crippen molar-refractivity contribution < 1.29 is 9.59 Å². The summed E-state index contributed by atoms with van der Waals surface area (Å²) in [5.41, 5.74) is 0. The van der Waals surface area contributed by atoms with Crippen LogP contribution in [0.25, 0.3) is 0 Å². The minimum atomic E-state index is -0.289. The fourth-order valence-electron chi connectivity index (χ4n) is 3.22. The summed E-state index contributed by atoms with van der Waals surface area (Å²) in [6, 6.07) is 0.420. The van der Waals surface area contributed by atoms with E-state index in [9.17, 15) is 9.59 Å². The highest BCUT2D eigenvalue weighted by Crippen LogP contribution is 2.28. The van der Waals surface area contributed by atoms with Gasteiger partial charge in [-0.05, 0) is 53.2 Å². The Kier molecular flexibility index (Phi) is 5.76. The lowest BCUT2D eigenvalue weighted by atomic mass is 10.2. The van der Waals surface area contributed by atoms with Crippen LogP contribution in [0.3, 0.4) is 0 Å². The Morgan fingerprint density at radius 1 is 1.29 bits per heavy atom. The highest BCUT2D eigenvalue weighted by Gasteiger charge is 2.42. The molecule has 1 aliphatic carbocycles. The Bertz CT molecular complexity index is 378. The Balaban J connectivity index is 1.75. The summed E-state index contributed by atoms with van der Waals surface area (Å²) in [7, 11) is 2.11. The van der Waals surface area contributed by atoms with E-state index in [2.05, 4.69) is 31.1 Å². The van der Waals surface area contributed by atoms with Gasteiger partial charge in [0.2, 0.25) is 11.8 Å². The van der Waals surface area contributed by atoms with Crippen LogP contribution < -0.4 is 5.32 Å². The molecule has 0 radical (unpaired) electrons. The highest BCUT2D eigenvalue weighted by atomic mass is 16.2. The van der Waals surface area contributed by atoms with Gasteiger partial charge >= 0.3 is 0 Å². The van der Waals surface area contributed by atoms with E-state index >= 15 is 0 Å². The van der Waals surface area contributed by atoms with E-state index in [1.165, 1.54) is 0 Å². The zero-order valence-corrected chi connectivity index (χ0v) is 13.6. The van der Waals surface area contributed by atoms with Gasteiger partial charge in [-0.3, -0.25) is 14.5 Å². The molecule has 1 saturated carbocycles. The lowest BCUT2D eigenvalue weighted by Crippen LogP contribution is -2.43. The SMILES string of the molecule is CC(C)N(C)CCCNC1CC(=O)N(C2CCCC2)C1=O. The second-order valence-corrected chi connectivity index (χ2v) is 6.68. The number of carbonyl (C=O) groups is 2. The number of imide groups is 1. The molecule has 2 aliphatic rings. The van der Waals surface area contributed by atoms with E-state index in [4.69, 9.17) is 0 Å². The van der Waals surface area contributed by atoms with Crippen molar-refractivity contribution in [2.45, 2.75) is 70.5 Å². The van der Waals surface area contributed by atoms with Crippen LogP contribution in [0.1, 0.15) is 52.4 Å². The predicted molar refractivity (Wildman–Crippen MR) is 82.9 cm³/mol. The van der Waals surface area contributed by atoms with Crippen molar-refractivity contribution in [1.82, 2.24) is 15.1 Å². The molecule has 5 nitrogen and oxygen atoms in total. The van der Waals surface area contributed by atoms with E-state index in [-0.39, 0.29) is 23.9 Å². The van der Waals surface area contributed by atoms with Crippen LogP contribution in [0.4, 0.5) is 0 Å². The van der Waals surface area contributed by atoms with Crippen LogP contribution in [-0.2, 0) is 9.59 Å². The number of carbonyl (C=O) groups excluding carboxylic acids is 2. The molecule has 1 atom stereocenters. The average molecular weight is 295 g/mol. The molecule has 1 aliphatic heterocycles. The standard InChI is InChI=1S/C16H29N3O2/c1-12(2)18(3)10-6-9-17-14-11-15(20)19(16(14)21)13-7-4-5-8-13/h12-14,17H,4-11H2,1-3H3. The fourth-order valence-corrected chi connectivity index (χ4v) is 3.22. The van der Waals surface area contributed by atoms with Gasteiger partial charge in [0.05, 0.1) is 12.5 Å². The van der Waals surface area contributed by atoms with Gasteiger partial charge in [-0.2, -0.15) is 0 Å². The van der Waals surface area contributed by atoms with Gasteiger partial charge in [-0.25, -0.2) is 0 Å². The van der Waals surface area contributed by atoms with Gasteiger partial charge in [-0.15, -0.1) is 0 Å². The second kappa shape index (κ2) is 7.36. The van der Waals surface area contributed by atoms with Crippen molar-refractivity contribution in [1.29, 1.82) is 0 Å². The highest BCUT2D eigenvalue weighted by molar-refractivity contribution is 6.05. The number of nitrogens with one attached hydrogen (secondary N) is 1. The molecule has 5 heteroatoms. The first-order chi connectivity index (χ1) is 10.0. The van der Waals surface area contributed by atoms with E-state index in [0.717, 1.165) is 45.2 Å². The summed E-state index contributed by atoms with van der Waals surface area (Å²) in [6.07, 6.45) is 5.60. The zero-order chi connectivity index (χ0) is 15.4. The molecule has 2 rings (SSSR count). The first kappa shape index (κ1) is 16.4. The molecule has 1 unspecified atom stereocenters. The maximum atomic E-state index is 12.4. The minimum absolute atomic E-state index is 0.00381. The van der Waals surface area contributed by atoms with Crippen LogP contribution >= 0.6 is 0 Å². The molecule has 0 bridgehead atoms. The largest absolute Gasteiger partial charge is 0.305 e. The molecule has 2 amide bonds. The summed E-state index contributed by atoms with van der Waals surface area (Å²) >= 11 is 0. The molecule has 1 saturated heterocycles.